The smallest absolute Gasteiger partial charge is 0.346 e. The van der Waals surface area contributed by atoms with Crippen molar-refractivity contribution in [2.24, 2.45) is 5.41 Å². The Morgan fingerprint density at radius 3 is 2.82 bits per heavy atom. The minimum Gasteiger partial charge on any atom is -0.346 e. The van der Waals surface area contributed by atoms with Crippen LogP contribution in [-0.4, -0.2) is 53.4 Å². The maximum atomic E-state index is 12.4. The zero-order valence-corrected chi connectivity index (χ0v) is 12.8. The SMILES string of the molecule is O=C(CC(F)(F)F)N1CC[C@]2(CCCN(c3nncs3)C2)C1. The summed E-state index contributed by atoms with van der Waals surface area (Å²) in [7, 11) is 0. The zero-order valence-electron chi connectivity index (χ0n) is 12.0. The van der Waals surface area contributed by atoms with Crippen molar-refractivity contribution >= 4 is 22.4 Å². The first-order chi connectivity index (χ1) is 10.4. The highest BCUT2D eigenvalue weighted by Crippen LogP contribution is 2.41. The summed E-state index contributed by atoms with van der Waals surface area (Å²) < 4.78 is 37.1. The van der Waals surface area contributed by atoms with Gasteiger partial charge in [0.15, 0.2) is 0 Å². The first-order valence-electron chi connectivity index (χ1n) is 7.23. The van der Waals surface area contributed by atoms with Crippen LogP contribution >= 0.6 is 11.3 Å². The third-order valence-electron chi connectivity index (χ3n) is 4.42. The van der Waals surface area contributed by atoms with Crippen LogP contribution in [0.5, 0.6) is 0 Å². The number of halogens is 3. The van der Waals surface area contributed by atoms with E-state index in [1.165, 1.54) is 16.2 Å². The molecule has 0 aromatic carbocycles. The summed E-state index contributed by atoms with van der Waals surface area (Å²) in [5.74, 6) is -0.808. The van der Waals surface area contributed by atoms with Crippen LogP contribution < -0.4 is 4.90 Å². The average Bonchev–Trinajstić information content (AvgIpc) is 3.07. The molecule has 2 aliphatic rings. The van der Waals surface area contributed by atoms with Crippen LogP contribution in [0.4, 0.5) is 18.3 Å². The van der Waals surface area contributed by atoms with Crippen molar-refractivity contribution in [1.82, 2.24) is 15.1 Å². The van der Waals surface area contributed by atoms with Crippen molar-refractivity contribution < 1.29 is 18.0 Å². The average molecular weight is 334 g/mol. The molecule has 0 bridgehead atoms. The summed E-state index contributed by atoms with van der Waals surface area (Å²) in [6, 6.07) is 0. The Labute approximate surface area is 130 Å². The number of anilines is 1. The molecule has 0 radical (unpaired) electrons. The lowest BCUT2D eigenvalue weighted by Crippen LogP contribution is -2.45. The summed E-state index contributed by atoms with van der Waals surface area (Å²) in [6.45, 7) is 2.45. The molecule has 0 aliphatic carbocycles. The van der Waals surface area contributed by atoms with E-state index < -0.39 is 18.5 Å². The van der Waals surface area contributed by atoms with Gasteiger partial charge in [-0.05, 0) is 19.3 Å². The predicted molar refractivity (Wildman–Crippen MR) is 75.7 cm³/mol. The van der Waals surface area contributed by atoms with E-state index in [0.29, 0.717) is 13.1 Å². The molecule has 1 aromatic heterocycles. The number of likely N-dealkylation sites (tertiary alicyclic amines) is 1. The number of carbonyl (C=O) groups is 1. The Bertz CT molecular complexity index is 536. The second-order valence-corrected chi connectivity index (χ2v) is 6.92. The topological polar surface area (TPSA) is 49.3 Å². The zero-order chi connectivity index (χ0) is 15.8. The number of carbonyl (C=O) groups excluding carboxylic acids is 1. The summed E-state index contributed by atoms with van der Waals surface area (Å²) >= 11 is 1.46. The van der Waals surface area contributed by atoms with Crippen LogP contribution in [0.25, 0.3) is 0 Å². The fourth-order valence-electron chi connectivity index (χ4n) is 3.44. The molecular formula is C13H17F3N4OS. The molecule has 1 atom stereocenters. The second-order valence-electron chi connectivity index (χ2n) is 6.10. The van der Waals surface area contributed by atoms with Gasteiger partial charge in [0, 0.05) is 31.6 Å². The van der Waals surface area contributed by atoms with E-state index in [-0.39, 0.29) is 5.41 Å². The minimum absolute atomic E-state index is 0.106. The number of hydrogen-bond acceptors (Lipinski definition) is 5. The quantitative estimate of drug-likeness (QED) is 0.833. The highest BCUT2D eigenvalue weighted by molar-refractivity contribution is 7.13. The molecule has 1 aromatic rings. The van der Waals surface area contributed by atoms with Gasteiger partial charge in [0.1, 0.15) is 11.9 Å². The second kappa shape index (κ2) is 5.68. The van der Waals surface area contributed by atoms with E-state index in [9.17, 15) is 18.0 Å². The molecule has 0 N–H and O–H groups in total. The first kappa shape index (κ1) is 15.5. The molecule has 1 amide bonds. The van der Waals surface area contributed by atoms with Gasteiger partial charge in [-0.15, -0.1) is 10.2 Å². The summed E-state index contributed by atoms with van der Waals surface area (Å²) in [5, 5.41) is 8.74. The van der Waals surface area contributed by atoms with Gasteiger partial charge < -0.3 is 9.80 Å². The molecule has 3 heterocycles. The van der Waals surface area contributed by atoms with Crippen molar-refractivity contribution in [3.8, 4) is 0 Å². The number of alkyl halides is 3. The van der Waals surface area contributed by atoms with Crippen LogP contribution in [-0.2, 0) is 4.79 Å². The van der Waals surface area contributed by atoms with Crippen LogP contribution in [0.2, 0.25) is 0 Å². The lowest BCUT2D eigenvalue weighted by molar-refractivity contribution is -0.160. The maximum Gasteiger partial charge on any atom is 0.397 e. The van der Waals surface area contributed by atoms with Gasteiger partial charge >= 0.3 is 6.18 Å². The third kappa shape index (κ3) is 3.34. The first-order valence-corrected chi connectivity index (χ1v) is 8.11. The fourth-order valence-corrected chi connectivity index (χ4v) is 4.03. The number of hydrogen-bond donors (Lipinski definition) is 0. The summed E-state index contributed by atoms with van der Waals surface area (Å²) in [6.07, 6.45) is -3.13. The van der Waals surface area contributed by atoms with Crippen LogP contribution in [0.1, 0.15) is 25.7 Å². The fraction of sp³-hybridized carbons (Fsp3) is 0.769. The molecule has 122 valence electrons. The van der Waals surface area contributed by atoms with E-state index in [1.54, 1.807) is 5.51 Å². The van der Waals surface area contributed by atoms with Crippen LogP contribution in [0.15, 0.2) is 5.51 Å². The molecule has 2 fully saturated rings. The van der Waals surface area contributed by atoms with Gasteiger partial charge in [-0.25, -0.2) is 0 Å². The van der Waals surface area contributed by atoms with E-state index in [2.05, 4.69) is 15.1 Å². The molecule has 22 heavy (non-hydrogen) atoms. The standard InChI is InChI=1S/C13H17F3N4OS/c14-13(15,16)6-10(21)19-5-3-12(7-19)2-1-4-20(8-12)11-18-17-9-22-11/h9H,1-8H2/t12-/m1/s1. The van der Waals surface area contributed by atoms with Gasteiger partial charge in [-0.2, -0.15) is 13.2 Å². The molecule has 2 aliphatic heterocycles. The lowest BCUT2D eigenvalue weighted by Gasteiger charge is -2.40. The van der Waals surface area contributed by atoms with E-state index in [4.69, 9.17) is 0 Å². The Kier molecular flexibility index (Phi) is 4.00. The Hall–Kier alpha value is -1.38. The van der Waals surface area contributed by atoms with Gasteiger partial charge in [0.05, 0.1) is 0 Å². The minimum atomic E-state index is -4.43. The monoisotopic (exact) mass is 334 g/mol. The Morgan fingerprint density at radius 2 is 2.14 bits per heavy atom. The molecular weight excluding hydrogens is 317 g/mol. The normalized spacial score (nSPS) is 26.0. The number of amides is 1. The molecule has 2 saturated heterocycles. The van der Waals surface area contributed by atoms with Crippen molar-refractivity contribution in [2.75, 3.05) is 31.1 Å². The van der Waals surface area contributed by atoms with E-state index in [0.717, 1.165) is 37.5 Å². The van der Waals surface area contributed by atoms with E-state index >= 15 is 0 Å². The molecule has 3 rings (SSSR count). The summed E-state index contributed by atoms with van der Waals surface area (Å²) in [5.41, 5.74) is 1.57. The van der Waals surface area contributed by atoms with Crippen LogP contribution in [0, 0.1) is 5.41 Å². The van der Waals surface area contributed by atoms with Crippen LogP contribution in [0.3, 0.4) is 0 Å². The number of nitrogens with zero attached hydrogens (tertiary/aromatic N) is 4. The number of aromatic nitrogens is 2. The summed E-state index contributed by atoms with van der Waals surface area (Å²) in [4.78, 5) is 15.3. The van der Waals surface area contributed by atoms with Gasteiger partial charge in [-0.1, -0.05) is 11.3 Å². The molecule has 5 nitrogen and oxygen atoms in total. The van der Waals surface area contributed by atoms with Crippen molar-refractivity contribution in [3.05, 3.63) is 5.51 Å². The predicted octanol–water partition coefficient (Wildman–Crippen LogP) is 2.31. The highest BCUT2D eigenvalue weighted by Gasteiger charge is 2.45. The number of piperidine rings is 1. The maximum absolute atomic E-state index is 12.4. The molecule has 0 unspecified atom stereocenters. The van der Waals surface area contributed by atoms with Crippen molar-refractivity contribution in [1.29, 1.82) is 0 Å². The lowest BCUT2D eigenvalue weighted by atomic mass is 9.79. The van der Waals surface area contributed by atoms with E-state index in [1.807, 2.05) is 0 Å². The van der Waals surface area contributed by atoms with Crippen molar-refractivity contribution in [3.63, 3.8) is 0 Å². The largest absolute Gasteiger partial charge is 0.397 e. The number of rotatable bonds is 2. The highest BCUT2D eigenvalue weighted by atomic mass is 32.1. The van der Waals surface area contributed by atoms with Gasteiger partial charge in [0.25, 0.3) is 0 Å². The van der Waals surface area contributed by atoms with Gasteiger partial charge in [0.2, 0.25) is 11.0 Å². The Morgan fingerprint density at radius 1 is 1.32 bits per heavy atom. The molecule has 1 spiro atoms. The van der Waals surface area contributed by atoms with Gasteiger partial charge in [-0.3, -0.25) is 4.79 Å². The molecule has 0 saturated carbocycles. The van der Waals surface area contributed by atoms with Crippen molar-refractivity contribution in [2.45, 2.75) is 31.9 Å². The third-order valence-corrected chi connectivity index (χ3v) is 5.17. The Balaban J connectivity index is 1.64. The molecule has 9 heteroatoms.